The lowest BCUT2D eigenvalue weighted by molar-refractivity contribution is 0.326. The molecule has 2 atom stereocenters. The standard InChI is InChI=1S/C15H23N/c1-12-6-4-8-14(10-12)15(11-16-3)9-5-7-13(15)2/h4,6,8,10,13,16H,5,7,9,11H2,1-3H3. The molecule has 0 radical (unpaired) electrons. The number of benzene rings is 1. The first-order valence-electron chi connectivity index (χ1n) is 6.41. The van der Waals surface area contributed by atoms with E-state index < -0.39 is 0 Å². The molecule has 2 unspecified atom stereocenters. The zero-order valence-corrected chi connectivity index (χ0v) is 10.7. The normalized spacial score (nSPS) is 29.6. The highest BCUT2D eigenvalue weighted by Crippen LogP contribution is 2.45. The van der Waals surface area contributed by atoms with E-state index in [2.05, 4.69) is 50.5 Å². The van der Waals surface area contributed by atoms with E-state index in [-0.39, 0.29) is 0 Å². The molecule has 0 amide bonds. The molecule has 1 N–H and O–H groups in total. The molecular formula is C15H23N. The minimum absolute atomic E-state index is 0.376. The molecule has 0 heterocycles. The summed E-state index contributed by atoms with van der Waals surface area (Å²) in [6.45, 7) is 5.71. The van der Waals surface area contributed by atoms with E-state index in [0.29, 0.717) is 5.41 Å². The molecule has 0 spiro atoms. The van der Waals surface area contributed by atoms with Crippen molar-refractivity contribution in [2.75, 3.05) is 13.6 Å². The predicted molar refractivity (Wildman–Crippen MR) is 69.8 cm³/mol. The van der Waals surface area contributed by atoms with Crippen molar-refractivity contribution in [3.05, 3.63) is 35.4 Å². The van der Waals surface area contributed by atoms with Crippen molar-refractivity contribution in [3.8, 4) is 0 Å². The van der Waals surface area contributed by atoms with Crippen molar-refractivity contribution in [2.45, 2.75) is 38.5 Å². The molecule has 0 aromatic heterocycles. The Labute approximate surface area is 99.3 Å². The first-order chi connectivity index (χ1) is 7.69. The van der Waals surface area contributed by atoms with Crippen LogP contribution in [0.25, 0.3) is 0 Å². The Morgan fingerprint density at radius 2 is 2.25 bits per heavy atom. The van der Waals surface area contributed by atoms with Gasteiger partial charge in [-0.15, -0.1) is 0 Å². The van der Waals surface area contributed by atoms with E-state index in [9.17, 15) is 0 Å². The Morgan fingerprint density at radius 1 is 1.44 bits per heavy atom. The van der Waals surface area contributed by atoms with Crippen LogP contribution in [-0.2, 0) is 5.41 Å². The van der Waals surface area contributed by atoms with Gasteiger partial charge >= 0.3 is 0 Å². The molecule has 0 aliphatic heterocycles. The highest BCUT2D eigenvalue weighted by atomic mass is 14.8. The molecule has 1 fully saturated rings. The van der Waals surface area contributed by atoms with Crippen molar-refractivity contribution < 1.29 is 0 Å². The maximum atomic E-state index is 3.40. The Hall–Kier alpha value is -0.820. The van der Waals surface area contributed by atoms with Gasteiger partial charge in [0.2, 0.25) is 0 Å². The molecule has 0 saturated heterocycles. The third-order valence-electron chi connectivity index (χ3n) is 4.29. The van der Waals surface area contributed by atoms with Crippen molar-refractivity contribution in [2.24, 2.45) is 5.92 Å². The summed E-state index contributed by atoms with van der Waals surface area (Å²) in [6, 6.07) is 9.08. The van der Waals surface area contributed by atoms with Crippen LogP contribution in [0.2, 0.25) is 0 Å². The molecule has 1 aromatic carbocycles. The fraction of sp³-hybridized carbons (Fsp3) is 0.600. The summed E-state index contributed by atoms with van der Waals surface area (Å²) in [4.78, 5) is 0. The van der Waals surface area contributed by atoms with E-state index in [1.165, 1.54) is 30.4 Å². The summed E-state index contributed by atoms with van der Waals surface area (Å²) in [5.74, 6) is 0.793. The van der Waals surface area contributed by atoms with E-state index in [4.69, 9.17) is 0 Å². The van der Waals surface area contributed by atoms with Crippen molar-refractivity contribution in [1.29, 1.82) is 0 Å². The quantitative estimate of drug-likeness (QED) is 0.819. The van der Waals surface area contributed by atoms with Crippen molar-refractivity contribution in [3.63, 3.8) is 0 Å². The Balaban J connectivity index is 2.39. The van der Waals surface area contributed by atoms with Crippen LogP contribution in [0.1, 0.15) is 37.3 Å². The molecule has 1 nitrogen and oxygen atoms in total. The smallest absolute Gasteiger partial charge is 0.0103 e. The lowest BCUT2D eigenvalue weighted by Gasteiger charge is -2.34. The molecule has 1 aromatic rings. The molecular weight excluding hydrogens is 194 g/mol. The minimum atomic E-state index is 0.376. The average Bonchev–Trinajstić information content (AvgIpc) is 2.62. The van der Waals surface area contributed by atoms with Gasteiger partial charge in [-0.1, -0.05) is 43.2 Å². The Kier molecular flexibility index (Phi) is 3.34. The van der Waals surface area contributed by atoms with Crippen LogP contribution in [0.3, 0.4) is 0 Å². The summed E-state index contributed by atoms with van der Waals surface area (Å²) in [6.07, 6.45) is 4.07. The van der Waals surface area contributed by atoms with Crippen LogP contribution in [-0.4, -0.2) is 13.6 Å². The van der Waals surface area contributed by atoms with Gasteiger partial charge in [0.15, 0.2) is 0 Å². The van der Waals surface area contributed by atoms with Gasteiger partial charge in [0.1, 0.15) is 0 Å². The molecule has 2 rings (SSSR count). The maximum Gasteiger partial charge on any atom is 0.0103 e. The van der Waals surface area contributed by atoms with Crippen LogP contribution in [0.4, 0.5) is 0 Å². The summed E-state index contributed by atoms with van der Waals surface area (Å²) < 4.78 is 0. The molecule has 1 heteroatoms. The lowest BCUT2D eigenvalue weighted by Crippen LogP contribution is -2.39. The highest BCUT2D eigenvalue weighted by Gasteiger charge is 2.40. The number of rotatable bonds is 3. The van der Waals surface area contributed by atoms with Crippen molar-refractivity contribution >= 4 is 0 Å². The monoisotopic (exact) mass is 217 g/mol. The van der Waals surface area contributed by atoms with Gasteiger partial charge in [-0.05, 0) is 38.3 Å². The lowest BCUT2D eigenvalue weighted by atomic mass is 9.72. The zero-order valence-electron chi connectivity index (χ0n) is 10.7. The highest BCUT2D eigenvalue weighted by molar-refractivity contribution is 5.32. The van der Waals surface area contributed by atoms with Crippen LogP contribution in [0, 0.1) is 12.8 Å². The summed E-state index contributed by atoms with van der Waals surface area (Å²) in [5, 5.41) is 3.40. The van der Waals surface area contributed by atoms with Gasteiger partial charge < -0.3 is 5.32 Å². The fourth-order valence-electron chi connectivity index (χ4n) is 3.31. The van der Waals surface area contributed by atoms with E-state index in [0.717, 1.165) is 12.5 Å². The summed E-state index contributed by atoms with van der Waals surface area (Å²) in [7, 11) is 2.07. The molecule has 88 valence electrons. The number of hydrogen-bond acceptors (Lipinski definition) is 1. The SMILES string of the molecule is CNCC1(c2cccc(C)c2)CCCC1C. The van der Waals surface area contributed by atoms with Crippen LogP contribution < -0.4 is 5.32 Å². The second kappa shape index (κ2) is 4.58. The summed E-state index contributed by atoms with van der Waals surface area (Å²) in [5.41, 5.74) is 3.29. The average molecular weight is 217 g/mol. The maximum absolute atomic E-state index is 3.40. The van der Waals surface area contributed by atoms with Gasteiger partial charge in [0.25, 0.3) is 0 Å². The molecule has 1 aliphatic rings. The minimum Gasteiger partial charge on any atom is -0.319 e. The van der Waals surface area contributed by atoms with Crippen molar-refractivity contribution in [1.82, 2.24) is 5.32 Å². The van der Waals surface area contributed by atoms with Crippen LogP contribution >= 0.6 is 0 Å². The Morgan fingerprint density at radius 3 is 2.81 bits per heavy atom. The molecule has 1 aliphatic carbocycles. The van der Waals surface area contributed by atoms with Gasteiger partial charge in [-0.25, -0.2) is 0 Å². The second-order valence-corrected chi connectivity index (χ2v) is 5.35. The third kappa shape index (κ3) is 1.89. The Bertz CT molecular complexity index is 358. The zero-order chi connectivity index (χ0) is 11.6. The van der Waals surface area contributed by atoms with Gasteiger partial charge in [0.05, 0.1) is 0 Å². The molecule has 0 bridgehead atoms. The second-order valence-electron chi connectivity index (χ2n) is 5.35. The van der Waals surface area contributed by atoms with Gasteiger partial charge in [-0.3, -0.25) is 0 Å². The predicted octanol–water partition coefficient (Wildman–Crippen LogP) is 3.27. The number of likely N-dealkylation sites (N-methyl/N-ethyl adjacent to an activating group) is 1. The van der Waals surface area contributed by atoms with Gasteiger partial charge in [0, 0.05) is 12.0 Å². The number of nitrogens with one attached hydrogen (secondary N) is 1. The third-order valence-corrected chi connectivity index (χ3v) is 4.29. The van der Waals surface area contributed by atoms with E-state index >= 15 is 0 Å². The number of hydrogen-bond donors (Lipinski definition) is 1. The van der Waals surface area contributed by atoms with Crippen LogP contribution in [0.15, 0.2) is 24.3 Å². The van der Waals surface area contributed by atoms with Crippen LogP contribution in [0.5, 0.6) is 0 Å². The first-order valence-corrected chi connectivity index (χ1v) is 6.41. The fourth-order valence-corrected chi connectivity index (χ4v) is 3.31. The molecule has 1 saturated carbocycles. The first kappa shape index (κ1) is 11.7. The number of aryl methyl sites for hydroxylation is 1. The van der Waals surface area contributed by atoms with Gasteiger partial charge in [-0.2, -0.15) is 0 Å². The largest absolute Gasteiger partial charge is 0.319 e. The molecule has 16 heavy (non-hydrogen) atoms. The van der Waals surface area contributed by atoms with E-state index in [1.807, 2.05) is 0 Å². The summed E-state index contributed by atoms with van der Waals surface area (Å²) >= 11 is 0. The van der Waals surface area contributed by atoms with E-state index in [1.54, 1.807) is 0 Å². The topological polar surface area (TPSA) is 12.0 Å².